The standard InChI is InChI=1S/C35H48O6/c1-37-33-17-13-31(14-18-33)28-39-24-8-6-21-35(36,23-10-26-41-27-30-11-4-3-5-12-30)22-7-9-25-40-29-32-15-19-34(38-2)20-16-32/h3-5,11-20,36H,6-10,21-29H2,1-2H3. The molecule has 1 N–H and O–H groups in total. The van der Waals surface area contributed by atoms with Crippen LogP contribution >= 0.6 is 0 Å². The molecule has 0 saturated heterocycles. The van der Waals surface area contributed by atoms with Gasteiger partial charge in [-0.3, -0.25) is 0 Å². The molecule has 0 atom stereocenters. The summed E-state index contributed by atoms with van der Waals surface area (Å²) in [6.07, 6.45) is 6.82. The molecule has 0 spiro atoms. The molecular weight excluding hydrogens is 516 g/mol. The van der Waals surface area contributed by atoms with E-state index in [2.05, 4.69) is 12.1 Å². The fourth-order valence-corrected chi connectivity index (χ4v) is 4.78. The minimum atomic E-state index is -0.692. The summed E-state index contributed by atoms with van der Waals surface area (Å²) in [4.78, 5) is 0. The lowest BCUT2D eigenvalue weighted by Crippen LogP contribution is -2.29. The molecule has 3 rings (SSSR count). The van der Waals surface area contributed by atoms with Crippen molar-refractivity contribution < 1.29 is 28.8 Å². The molecule has 0 bridgehead atoms. The van der Waals surface area contributed by atoms with Crippen molar-refractivity contribution in [3.63, 3.8) is 0 Å². The largest absolute Gasteiger partial charge is 0.497 e. The Bertz CT molecular complexity index is 993. The van der Waals surface area contributed by atoms with Gasteiger partial charge in [0.15, 0.2) is 0 Å². The van der Waals surface area contributed by atoms with E-state index in [1.54, 1.807) is 14.2 Å². The summed E-state index contributed by atoms with van der Waals surface area (Å²) in [5.74, 6) is 1.70. The molecule has 3 aromatic rings. The first-order valence-corrected chi connectivity index (χ1v) is 14.9. The van der Waals surface area contributed by atoms with E-state index in [0.29, 0.717) is 39.6 Å². The third kappa shape index (κ3) is 13.5. The van der Waals surface area contributed by atoms with Crippen LogP contribution < -0.4 is 9.47 Å². The third-order valence-electron chi connectivity index (χ3n) is 7.26. The van der Waals surface area contributed by atoms with Crippen LogP contribution in [0.2, 0.25) is 0 Å². The fraction of sp³-hybridized carbons (Fsp3) is 0.486. The molecule has 0 aromatic heterocycles. The van der Waals surface area contributed by atoms with Crippen LogP contribution in [0.3, 0.4) is 0 Å². The smallest absolute Gasteiger partial charge is 0.118 e. The average molecular weight is 565 g/mol. The van der Waals surface area contributed by atoms with Gasteiger partial charge in [0.25, 0.3) is 0 Å². The van der Waals surface area contributed by atoms with E-state index in [9.17, 15) is 5.11 Å². The number of hydrogen-bond acceptors (Lipinski definition) is 6. The van der Waals surface area contributed by atoms with E-state index in [1.165, 1.54) is 5.56 Å². The molecule has 0 saturated carbocycles. The maximum Gasteiger partial charge on any atom is 0.118 e. The summed E-state index contributed by atoms with van der Waals surface area (Å²) < 4.78 is 28.0. The van der Waals surface area contributed by atoms with Crippen molar-refractivity contribution in [2.24, 2.45) is 0 Å². The van der Waals surface area contributed by atoms with E-state index in [-0.39, 0.29) is 0 Å². The highest BCUT2D eigenvalue weighted by Gasteiger charge is 2.25. The zero-order valence-electron chi connectivity index (χ0n) is 24.9. The molecule has 0 radical (unpaired) electrons. The molecule has 0 fully saturated rings. The van der Waals surface area contributed by atoms with Gasteiger partial charge in [-0.2, -0.15) is 0 Å². The fourth-order valence-electron chi connectivity index (χ4n) is 4.78. The lowest BCUT2D eigenvalue weighted by Gasteiger charge is -2.28. The molecule has 0 aliphatic rings. The van der Waals surface area contributed by atoms with Crippen LogP contribution in [0.1, 0.15) is 68.1 Å². The summed E-state index contributed by atoms with van der Waals surface area (Å²) in [5.41, 5.74) is 2.74. The van der Waals surface area contributed by atoms with Gasteiger partial charge in [0.2, 0.25) is 0 Å². The van der Waals surface area contributed by atoms with Crippen molar-refractivity contribution in [1.29, 1.82) is 0 Å². The third-order valence-corrected chi connectivity index (χ3v) is 7.26. The van der Waals surface area contributed by atoms with Crippen LogP contribution in [0.15, 0.2) is 78.9 Å². The summed E-state index contributed by atoms with van der Waals surface area (Å²) >= 11 is 0. The highest BCUT2D eigenvalue weighted by molar-refractivity contribution is 5.27. The molecule has 6 nitrogen and oxygen atoms in total. The highest BCUT2D eigenvalue weighted by Crippen LogP contribution is 2.27. The van der Waals surface area contributed by atoms with Crippen LogP contribution in [-0.4, -0.2) is 44.7 Å². The maximum atomic E-state index is 11.5. The first-order chi connectivity index (χ1) is 20.1. The minimum absolute atomic E-state index is 0.587. The molecule has 3 aromatic carbocycles. The summed E-state index contributed by atoms with van der Waals surface area (Å²) in [6, 6.07) is 26.1. The Kier molecular flexibility index (Phi) is 15.3. The number of methoxy groups -OCH3 is 2. The van der Waals surface area contributed by atoms with E-state index >= 15 is 0 Å². The second-order valence-electron chi connectivity index (χ2n) is 10.6. The zero-order chi connectivity index (χ0) is 29.0. The second kappa shape index (κ2) is 19.3. The van der Waals surface area contributed by atoms with Gasteiger partial charge in [-0.05, 0) is 92.3 Å². The number of hydrogen-bond donors (Lipinski definition) is 1. The summed E-state index contributed by atoms with van der Waals surface area (Å²) in [5, 5.41) is 11.5. The normalized spacial score (nSPS) is 11.5. The number of benzene rings is 3. The Morgan fingerprint density at radius 1 is 0.488 bits per heavy atom. The Labute approximate surface area is 246 Å². The van der Waals surface area contributed by atoms with Gasteiger partial charge in [0.05, 0.1) is 39.6 Å². The molecule has 0 unspecified atom stereocenters. The summed E-state index contributed by atoms with van der Waals surface area (Å²) in [6.45, 7) is 3.79. The van der Waals surface area contributed by atoms with Crippen LogP contribution in [0, 0.1) is 0 Å². The molecule has 224 valence electrons. The van der Waals surface area contributed by atoms with E-state index in [1.807, 2.05) is 66.7 Å². The number of rotatable bonds is 22. The first-order valence-electron chi connectivity index (χ1n) is 14.9. The second-order valence-corrected chi connectivity index (χ2v) is 10.6. The van der Waals surface area contributed by atoms with Gasteiger partial charge >= 0.3 is 0 Å². The lowest BCUT2D eigenvalue weighted by atomic mass is 9.86. The Morgan fingerprint density at radius 3 is 1.32 bits per heavy atom. The monoisotopic (exact) mass is 564 g/mol. The predicted octanol–water partition coefficient (Wildman–Crippen LogP) is 7.51. The van der Waals surface area contributed by atoms with Gasteiger partial charge in [-0.15, -0.1) is 0 Å². The molecule has 0 aliphatic carbocycles. The topological polar surface area (TPSA) is 66.4 Å². The van der Waals surface area contributed by atoms with Crippen molar-refractivity contribution in [1.82, 2.24) is 0 Å². The maximum absolute atomic E-state index is 11.5. The minimum Gasteiger partial charge on any atom is -0.497 e. The number of aliphatic hydroxyl groups is 1. The Morgan fingerprint density at radius 2 is 0.878 bits per heavy atom. The van der Waals surface area contributed by atoms with Crippen molar-refractivity contribution >= 4 is 0 Å². The van der Waals surface area contributed by atoms with Gasteiger partial charge in [-0.1, -0.05) is 54.6 Å². The van der Waals surface area contributed by atoms with E-state index < -0.39 is 5.60 Å². The van der Waals surface area contributed by atoms with Crippen molar-refractivity contribution in [2.45, 2.75) is 76.8 Å². The van der Waals surface area contributed by atoms with Gasteiger partial charge in [-0.25, -0.2) is 0 Å². The summed E-state index contributed by atoms with van der Waals surface area (Å²) in [7, 11) is 3.34. The van der Waals surface area contributed by atoms with Gasteiger partial charge in [0, 0.05) is 19.8 Å². The van der Waals surface area contributed by atoms with E-state index in [0.717, 1.165) is 74.0 Å². The van der Waals surface area contributed by atoms with Gasteiger partial charge in [0.1, 0.15) is 11.5 Å². The van der Waals surface area contributed by atoms with Crippen molar-refractivity contribution in [3.8, 4) is 11.5 Å². The Hall–Kier alpha value is -2.90. The van der Waals surface area contributed by atoms with E-state index in [4.69, 9.17) is 23.7 Å². The van der Waals surface area contributed by atoms with Gasteiger partial charge < -0.3 is 28.8 Å². The number of unbranched alkanes of at least 4 members (excludes halogenated alkanes) is 2. The lowest BCUT2D eigenvalue weighted by molar-refractivity contribution is -0.00503. The quantitative estimate of drug-likeness (QED) is 0.127. The molecule has 0 aliphatic heterocycles. The molecule has 41 heavy (non-hydrogen) atoms. The van der Waals surface area contributed by atoms with Crippen molar-refractivity contribution in [2.75, 3.05) is 34.0 Å². The number of ether oxygens (including phenoxy) is 5. The van der Waals surface area contributed by atoms with Crippen LogP contribution in [-0.2, 0) is 34.0 Å². The highest BCUT2D eigenvalue weighted by atomic mass is 16.5. The molecule has 0 heterocycles. The molecule has 0 amide bonds. The van der Waals surface area contributed by atoms with Crippen molar-refractivity contribution in [3.05, 3.63) is 95.6 Å². The molecule has 6 heteroatoms. The molecular formula is C35H48O6. The average Bonchev–Trinajstić information content (AvgIpc) is 3.01. The SMILES string of the molecule is COc1ccc(COCCCCC(O)(CCCCOCc2ccc(OC)cc2)CCCOCc2ccccc2)cc1. The first kappa shape index (κ1) is 32.6. The zero-order valence-corrected chi connectivity index (χ0v) is 24.9. The predicted molar refractivity (Wildman–Crippen MR) is 163 cm³/mol. The van der Waals surface area contributed by atoms with Crippen LogP contribution in [0.5, 0.6) is 11.5 Å². The van der Waals surface area contributed by atoms with Crippen LogP contribution in [0.4, 0.5) is 0 Å². The van der Waals surface area contributed by atoms with Crippen LogP contribution in [0.25, 0.3) is 0 Å². The Balaban J connectivity index is 1.34.